The van der Waals surface area contributed by atoms with Gasteiger partial charge in [0.1, 0.15) is 12.3 Å². The van der Waals surface area contributed by atoms with Crippen LogP contribution in [0.2, 0.25) is 0 Å². The molecule has 1 aromatic carbocycles. The number of nitrogens with one attached hydrogen (secondary N) is 1. The van der Waals surface area contributed by atoms with Crippen molar-refractivity contribution in [2.24, 2.45) is 5.92 Å². The fourth-order valence-corrected chi connectivity index (χ4v) is 5.50. The molecule has 0 aromatic heterocycles. The SMILES string of the molecule is CSC(C[C@H](NC(=O)C(CS)Cc1ccccc1)C(=O)O)[S+](C)C(C)=O. The lowest BCUT2D eigenvalue weighted by Crippen LogP contribution is -2.46. The lowest BCUT2D eigenvalue weighted by atomic mass is 9.99. The first-order valence-electron chi connectivity index (χ1n) is 8.16. The molecule has 0 radical (unpaired) electrons. The summed E-state index contributed by atoms with van der Waals surface area (Å²) in [4.78, 5) is 35.8. The number of carboxylic acid groups (broad SMARTS) is 1. The molecule has 0 bridgehead atoms. The maximum Gasteiger partial charge on any atom is 0.328 e. The maximum atomic E-state index is 12.6. The topological polar surface area (TPSA) is 83.5 Å². The Kier molecular flexibility index (Phi) is 10.2. The van der Waals surface area contributed by atoms with E-state index in [1.54, 1.807) is 0 Å². The van der Waals surface area contributed by atoms with Crippen molar-refractivity contribution in [2.45, 2.75) is 30.4 Å². The summed E-state index contributed by atoms with van der Waals surface area (Å²) in [6.45, 7) is 1.51. The smallest absolute Gasteiger partial charge is 0.328 e. The number of benzene rings is 1. The zero-order valence-electron chi connectivity index (χ0n) is 15.2. The van der Waals surface area contributed by atoms with Gasteiger partial charge in [0, 0.05) is 19.1 Å². The van der Waals surface area contributed by atoms with Gasteiger partial charge in [-0.25, -0.2) is 9.59 Å². The molecule has 1 amide bonds. The van der Waals surface area contributed by atoms with Crippen molar-refractivity contribution in [1.29, 1.82) is 0 Å². The molecule has 0 aliphatic carbocycles. The average Bonchev–Trinajstić information content (AvgIpc) is 2.62. The van der Waals surface area contributed by atoms with Gasteiger partial charge in [0.15, 0.2) is 4.58 Å². The van der Waals surface area contributed by atoms with E-state index in [4.69, 9.17) is 0 Å². The molecule has 0 heterocycles. The van der Waals surface area contributed by atoms with Gasteiger partial charge in [-0.15, -0.1) is 11.8 Å². The number of carbonyl (C=O) groups is 3. The fraction of sp³-hybridized carbons (Fsp3) is 0.500. The first-order valence-corrected chi connectivity index (χ1v) is 11.8. The third-order valence-electron chi connectivity index (χ3n) is 4.07. The van der Waals surface area contributed by atoms with Crippen molar-refractivity contribution in [3.63, 3.8) is 0 Å². The Morgan fingerprint density at radius 2 is 1.88 bits per heavy atom. The molecular weight excluding hydrogens is 390 g/mol. The fourth-order valence-electron chi connectivity index (χ4n) is 2.41. The first kappa shape index (κ1) is 22.9. The zero-order valence-corrected chi connectivity index (χ0v) is 17.7. The standard InChI is InChI=1S/C18H25NO4S3/c1-12(20)26(3)16(25-2)10-15(18(22)23)19-17(21)14(11-24)9-13-7-5-4-6-8-13/h4-8,14-16H,9-11H2,1-3H3,(H2-,19,21,22,23,24)/p+1/t14?,15-,16?,26?/m0/s1. The van der Waals surface area contributed by atoms with Crippen LogP contribution in [-0.2, 0) is 31.7 Å². The van der Waals surface area contributed by atoms with E-state index < -0.39 is 28.8 Å². The lowest BCUT2D eigenvalue weighted by Gasteiger charge is -2.21. The third-order valence-corrected chi connectivity index (χ3v) is 8.56. The van der Waals surface area contributed by atoms with E-state index in [2.05, 4.69) is 17.9 Å². The van der Waals surface area contributed by atoms with Crippen LogP contribution in [0.25, 0.3) is 0 Å². The van der Waals surface area contributed by atoms with Gasteiger partial charge in [0.05, 0.1) is 16.8 Å². The van der Waals surface area contributed by atoms with Crippen molar-refractivity contribution < 1.29 is 19.5 Å². The van der Waals surface area contributed by atoms with Crippen LogP contribution in [0.3, 0.4) is 0 Å². The highest BCUT2D eigenvalue weighted by molar-refractivity contribution is 8.22. The predicted molar refractivity (Wildman–Crippen MR) is 113 cm³/mol. The number of thioether (sulfide) groups is 1. The quantitative estimate of drug-likeness (QED) is 0.402. The Balaban J connectivity index is 2.79. The third kappa shape index (κ3) is 7.25. The van der Waals surface area contributed by atoms with Gasteiger partial charge in [-0.05, 0) is 18.2 Å². The zero-order chi connectivity index (χ0) is 19.7. The molecule has 0 aliphatic rings. The maximum absolute atomic E-state index is 12.6. The molecule has 0 saturated heterocycles. The monoisotopic (exact) mass is 416 g/mol. The van der Waals surface area contributed by atoms with Gasteiger partial charge >= 0.3 is 11.1 Å². The number of thiol groups is 1. The van der Waals surface area contributed by atoms with Gasteiger partial charge in [0.25, 0.3) is 0 Å². The van der Waals surface area contributed by atoms with E-state index in [1.165, 1.54) is 18.7 Å². The summed E-state index contributed by atoms with van der Waals surface area (Å²) >= 11 is 5.71. The van der Waals surface area contributed by atoms with E-state index in [1.807, 2.05) is 42.8 Å². The highest BCUT2D eigenvalue weighted by Gasteiger charge is 2.36. The van der Waals surface area contributed by atoms with Crippen LogP contribution >= 0.6 is 24.4 Å². The summed E-state index contributed by atoms with van der Waals surface area (Å²) in [6, 6.07) is 8.54. The van der Waals surface area contributed by atoms with Crippen molar-refractivity contribution in [1.82, 2.24) is 5.32 Å². The summed E-state index contributed by atoms with van der Waals surface area (Å²) in [6.07, 6.45) is 4.38. The molecule has 1 rings (SSSR count). The van der Waals surface area contributed by atoms with Gasteiger partial charge in [-0.1, -0.05) is 30.3 Å². The molecule has 144 valence electrons. The molecule has 0 spiro atoms. The highest BCUT2D eigenvalue weighted by atomic mass is 32.2. The number of amides is 1. The molecule has 5 nitrogen and oxygen atoms in total. The molecule has 8 heteroatoms. The van der Waals surface area contributed by atoms with E-state index in [9.17, 15) is 19.5 Å². The number of hydrogen-bond donors (Lipinski definition) is 3. The Labute approximate surface area is 167 Å². The summed E-state index contributed by atoms with van der Waals surface area (Å²) in [7, 11) is -0.561. The van der Waals surface area contributed by atoms with Gasteiger partial charge in [-0.3, -0.25) is 4.79 Å². The second-order valence-corrected chi connectivity index (χ2v) is 9.88. The van der Waals surface area contributed by atoms with Gasteiger partial charge in [0.2, 0.25) is 5.91 Å². The second-order valence-electron chi connectivity index (χ2n) is 5.92. The lowest BCUT2D eigenvalue weighted by molar-refractivity contribution is -0.142. The Hall–Kier alpha value is -1.12. The first-order chi connectivity index (χ1) is 12.3. The largest absolute Gasteiger partial charge is 0.480 e. The van der Waals surface area contributed by atoms with Gasteiger partial charge < -0.3 is 10.4 Å². The molecule has 3 unspecified atom stereocenters. The predicted octanol–water partition coefficient (Wildman–Crippen LogP) is 2.22. The number of hydrogen-bond acceptors (Lipinski definition) is 5. The Morgan fingerprint density at radius 1 is 1.27 bits per heavy atom. The average molecular weight is 417 g/mol. The van der Waals surface area contributed by atoms with E-state index in [0.29, 0.717) is 12.2 Å². The number of rotatable bonds is 10. The molecule has 1 aromatic rings. The van der Waals surface area contributed by atoms with Crippen LogP contribution in [0.15, 0.2) is 30.3 Å². The van der Waals surface area contributed by atoms with Crippen molar-refractivity contribution in [3.8, 4) is 0 Å². The molecule has 0 fully saturated rings. The number of aliphatic carboxylic acids is 1. The minimum absolute atomic E-state index is 0.0390. The molecule has 4 atom stereocenters. The number of carbonyl (C=O) groups excluding carboxylic acids is 2. The molecule has 0 saturated carbocycles. The Bertz CT molecular complexity index is 612. The molecule has 26 heavy (non-hydrogen) atoms. The molecular formula is C18H26NO4S3+. The van der Waals surface area contributed by atoms with Crippen LogP contribution in [-0.4, -0.2) is 51.0 Å². The Morgan fingerprint density at radius 3 is 2.35 bits per heavy atom. The van der Waals surface area contributed by atoms with E-state index in [-0.39, 0.29) is 22.0 Å². The summed E-state index contributed by atoms with van der Waals surface area (Å²) in [5.74, 6) is -1.50. The summed E-state index contributed by atoms with van der Waals surface area (Å²) < 4.78 is -0.141. The van der Waals surface area contributed by atoms with Crippen LogP contribution in [0.1, 0.15) is 18.9 Å². The van der Waals surface area contributed by atoms with Crippen LogP contribution in [0.5, 0.6) is 0 Å². The molecule has 0 aliphatic heterocycles. The van der Waals surface area contributed by atoms with Crippen molar-refractivity contribution in [2.75, 3.05) is 18.3 Å². The highest BCUT2D eigenvalue weighted by Crippen LogP contribution is 2.22. The van der Waals surface area contributed by atoms with Crippen LogP contribution < -0.4 is 5.32 Å². The van der Waals surface area contributed by atoms with Crippen LogP contribution in [0, 0.1) is 5.92 Å². The summed E-state index contributed by atoms with van der Waals surface area (Å²) in [5.41, 5.74) is 1.00. The minimum atomic E-state index is -1.09. The van der Waals surface area contributed by atoms with E-state index >= 15 is 0 Å². The van der Waals surface area contributed by atoms with E-state index in [0.717, 1.165) is 5.56 Å². The van der Waals surface area contributed by atoms with Crippen LogP contribution in [0.4, 0.5) is 0 Å². The van der Waals surface area contributed by atoms with Crippen molar-refractivity contribution >= 4 is 52.3 Å². The van der Waals surface area contributed by atoms with Gasteiger partial charge in [-0.2, -0.15) is 12.6 Å². The minimum Gasteiger partial charge on any atom is -0.480 e. The normalized spacial score (nSPS) is 15.5. The number of carboxylic acids is 1. The summed E-state index contributed by atoms with van der Waals surface area (Å²) in [5, 5.41) is 12.2. The van der Waals surface area contributed by atoms with Crippen molar-refractivity contribution in [3.05, 3.63) is 35.9 Å². The second kappa shape index (κ2) is 11.6. The molecule has 2 N–H and O–H groups in total.